The SMILES string of the molecule is CCCCc1nc(Cl)c2cc(-c3nnc(COc4ccccc4)o3)ccn12. The molecule has 0 amide bonds. The molecule has 7 heteroatoms. The van der Waals surface area contributed by atoms with Crippen molar-refractivity contribution < 1.29 is 9.15 Å². The Kier molecular flexibility index (Phi) is 5.07. The van der Waals surface area contributed by atoms with Crippen LogP contribution in [0.25, 0.3) is 17.0 Å². The third-order valence-electron chi connectivity index (χ3n) is 4.24. The summed E-state index contributed by atoms with van der Waals surface area (Å²) in [5.41, 5.74) is 1.63. The first kappa shape index (κ1) is 17.5. The fraction of sp³-hybridized carbons (Fsp3) is 0.250. The van der Waals surface area contributed by atoms with Gasteiger partial charge in [0.05, 0.1) is 5.52 Å². The summed E-state index contributed by atoms with van der Waals surface area (Å²) in [5.74, 6) is 2.56. The molecular weight excluding hydrogens is 364 g/mol. The Bertz CT molecular complexity index is 1040. The zero-order chi connectivity index (χ0) is 18.6. The van der Waals surface area contributed by atoms with Gasteiger partial charge in [0, 0.05) is 18.2 Å². The third-order valence-corrected chi connectivity index (χ3v) is 4.52. The number of imidazole rings is 1. The van der Waals surface area contributed by atoms with Crippen LogP contribution in [0.5, 0.6) is 5.75 Å². The number of ether oxygens (including phenoxy) is 1. The number of aromatic nitrogens is 4. The van der Waals surface area contributed by atoms with Gasteiger partial charge in [0.15, 0.2) is 11.8 Å². The molecule has 4 aromatic rings. The van der Waals surface area contributed by atoms with E-state index in [1.807, 2.05) is 53.1 Å². The van der Waals surface area contributed by atoms with Crippen molar-refractivity contribution in [3.63, 3.8) is 0 Å². The molecule has 0 saturated heterocycles. The summed E-state index contributed by atoms with van der Waals surface area (Å²) in [6, 6.07) is 13.4. The molecule has 0 N–H and O–H groups in total. The van der Waals surface area contributed by atoms with Crippen LogP contribution in [0.2, 0.25) is 5.15 Å². The normalized spacial score (nSPS) is 11.2. The smallest absolute Gasteiger partial charge is 0.254 e. The van der Waals surface area contributed by atoms with E-state index in [-0.39, 0.29) is 6.61 Å². The topological polar surface area (TPSA) is 65.5 Å². The van der Waals surface area contributed by atoms with Crippen LogP contribution in [0.3, 0.4) is 0 Å². The lowest BCUT2D eigenvalue weighted by Gasteiger charge is -2.02. The minimum Gasteiger partial charge on any atom is -0.484 e. The number of rotatable bonds is 7. The van der Waals surface area contributed by atoms with E-state index in [0.29, 0.717) is 16.9 Å². The standard InChI is InChI=1S/C20H19ClN4O2/c1-2-3-9-17-22-19(21)16-12-14(10-11-25(16)17)20-24-23-18(27-20)13-26-15-7-5-4-6-8-15/h4-8,10-12H,2-3,9,13H2,1H3. The summed E-state index contributed by atoms with van der Waals surface area (Å²) in [6.45, 7) is 2.37. The maximum absolute atomic E-state index is 6.32. The molecule has 0 aliphatic carbocycles. The lowest BCUT2D eigenvalue weighted by molar-refractivity contribution is 0.264. The largest absolute Gasteiger partial charge is 0.484 e. The summed E-state index contributed by atoms with van der Waals surface area (Å²) >= 11 is 6.32. The van der Waals surface area contributed by atoms with Gasteiger partial charge in [0.2, 0.25) is 5.89 Å². The first-order valence-corrected chi connectivity index (χ1v) is 9.29. The predicted octanol–water partition coefficient (Wildman–Crippen LogP) is 4.96. The average Bonchev–Trinajstić information content (AvgIpc) is 3.30. The third kappa shape index (κ3) is 3.80. The highest BCUT2D eigenvalue weighted by atomic mass is 35.5. The van der Waals surface area contributed by atoms with E-state index in [0.717, 1.165) is 41.9 Å². The second kappa shape index (κ2) is 7.80. The van der Waals surface area contributed by atoms with Gasteiger partial charge in [-0.25, -0.2) is 4.98 Å². The van der Waals surface area contributed by atoms with E-state index in [1.165, 1.54) is 0 Å². The first-order chi connectivity index (χ1) is 13.2. The molecule has 0 radical (unpaired) electrons. The van der Waals surface area contributed by atoms with Gasteiger partial charge < -0.3 is 13.6 Å². The summed E-state index contributed by atoms with van der Waals surface area (Å²) in [6.07, 6.45) is 5.02. The summed E-state index contributed by atoms with van der Waals surface area (Å²) in [5, 5.41) is 8.66. The van der Waals surface area contributed by atoms with Crippen molar-refractivity contribution >= 4 is 17.1 Å². The van der Waals surface area contributed by atoms with Crippen molar-refractivity contribution in [2.24, 2.45) is 0 Å². The Hall–Kier alpha value is -2.86. The molecule has 0 bridgehead atoms. The van der Waals surface area contributed by atoms with Crippen molar-refractivity contribution in [2.75, 3.05) is 0 Å². The maximum atomic E-state index is 6.32. The molecule has 138 valence electrons. The molecule has 0 fully saturated rings. The van der Waals surface area contributed by atoms with Gasteiger partial charge in [-0.2, -0.15) is 0 Å². The van der Waals surface area contributed by atoms with Crippen LogP contribution in [0.15, 0.2) is 53.1 Å². The highest BCUT2D eigenvalue weighted by molar-refractivity contribution is 6.32. The van der Waals surface area contributed by atoms with E-state index < -0.39 is 0 Å². The van der Waals surface area contributed by atoms with Crippen molar-refractivity contribution in [3.05, 3.63) is 65.5 Å². The molecule has 27 heavy (non-hydrogen) atoms. The van der Waals surface area contributed by atoms with Gasteiger partial charge >= 0.3 is 0 Å². The molecule has 3 heterocycles. The van der Waals surface area contributed by atoms with Crippen LogP contribution >= 0.6 is 11.6 Å². The highest BCUT2D eigenvalue weighted by Crippen LogP contribution is 2.26. The number of pyridine rings is 1. The number of benzene rings is 1. The van der Waals surface area contributed by atoms with Crippen LogP contribution in [-0.2, 0) is 13.0 Å². The van der Waals surface area contributed by atoms with Gasteiger partial charge in [-0.05, 0) is 30.7 Å². The Morgan fingerprint density at radius 1 is 1.15 bits per heavy atom. The zero-order valence-corrected chi connectivity index (χ0v) is 15.7. The van der Waals surface area contributed by atoms with Crippen molar-refractivity contribution in [2.45, 2.75) is 32.8 Å². The fourth-order valence-corrected chi connectivity index (χ4v) is 3.09. The number of para-hydroxylation sites is 1. The second-order valence-corrected chi connectivity index (χ2v) is 6.55. The molecule has 0 saturated carbocycles. The number of aryl methyl sites for hydroxylation is 1. The van der Waals surface area contributed by atoms with Crippen LogP contribution < -0.4 is 4.74 Å². The van der Waals surface area contributed by atoms with Gasteiger partial charge in [0.1, 0.15) is 11.6 Å². The average molecular weight is 383 g/mol. The summed E-state index contributed by atoms with van der Waals surface area (Å²) in [4.78, 5) is 4.47. The maximum Gasteiger partial charge on any atom is 0.254 e. The van der Waals surface area contributed by atoms with Gasteiger partial charge in [0.25, 0.3) is 5.89 Å². The number of hydrogen-bond donors (Lipinski definition) is 0. The molecule has 1 aromatic carbocycles. The number of halogens is 1. The van der Waals surface area contributed by atoms with E-state index >= 15 is 0 Å². The monoisotopic (exact) mass is 382 g/mol. The van der Waals surface area contributed by atoms with Crippen molar-refractivity contribution in [3.8, 4) is 17.2 Å². The molecule has 0 atom stereocenters. The summed E-state index contributed by atoms with van der Waals surface area (Å²) in [7, 11) is 0. The Balaban J connectivity index is 1.54. The van der Waals surface area contributed by atoms with Crippen molar-refractivity contribution in [1.82, 2.24) is 19.6 Å². The number of fused-ring (bicyclic) bond motifs is 1. The Morgan fingerprint density at radius 2 is 2.00 bits per heavy atom. The molecule has 0 aliphatic rings. The first-order valence-electron chi connectivity index (χ1n) is 8.91. The lowest BCUT2D eigenvalue weighted by Crippen LogP contribution is -1.95. The van der Waals surface area contributed by atoms with E-state index in [2.05, 4.69) is 22.1 Å². The van der Waals surface area contributed by atoms with Crippen LogP contribution in [0.4, 0.5) is 0 Å². The van der Waals surface area contributed by atoms with E-state index in [1.54, 1.807) is 0 Å². The van der Waals surface area contributed by atoms with Gasteiger partial charge in [-0.3, -0.25) is 0 Å². The van der Waals surface area contributed by atoms with E-state index in [9.17, 15) is 0 Å². The van der Waals surface area contributed by atoms with E-state index in [4.69, 9.17) is 20.8 Å². The predicted molar refractivity (Wildman–Crippen MR) is 103 cm³/mol. The Labute approximate surface area is 161 Å². The quantitative estimate of drug-likeness (QED) is 0.452. The zero-order valence-electron chi connectivity index (χ0n) is 14.9. The molecule has 6 nitrogen and oxygen atoms in total. The minimum atomic E-state index is 0.216. The number of nitrogens with zero attached hydrogens (tertiary/aromatic N) is 4. The molecule has 3 aromatic heterocycles. The van der Waals surface area contributed by atoms with Crippen LogP contribution in [0.1, 0.15) is 31.5 Å². The van der Waals surface area contributed by atoms with Crippen molar-refractivity contribution in [1.29, 1.82) is 0 Å². The fourth-order valence-electron chi connectivity index (χ4n) is 2.84. The number of hydrogen-bond acceptors (Lipinski definition) is 5. The lowest BCUT2D eigenvalue weighted by atomic mass is 10.2. The van der Waals surface area contributed by atoms with Gasteiger partial charge in [-0.15, -0.1) is 10.2 Å². The molecule has 0 aliphatic heterocycles. The molecular formula is C20H19ClN4O2. The Morgan fingerprint density at radius 3 is 2.81 bits per heavy atom. The highest BCUT2D eigenvalue weighted by Gasteiger charge is 2.14. The van der Waals surface area contributed by atoms with Crippen LogP contribution in [-0.4, -0.2) is 19.6 Å². The molecule has 4 rings (SSSR count). The summed E-state index contributed by atoms with van der Waals surface area (Å²) < 4.78 is 13.4. The number of unbranched alkanes of at least 4 members (excludes halogenated alkanes) is 1. The van der Waals surface area contributed by atoms with Gasteiger partial charge in [-0.1, -0.05) is 43.1 Å². The minimum absolute atomic E-state index is 0.216. The molecule has 0 spiro atoms. The molecule has 0 unspecified atom stereocenters. The van der Waals surface area contributed by atoms with Crippen LogP contribution in [0, 0.1) is 0 Å². The second-order valence-electron chi connectivity index (χ2n) is 6.20.